The van der Waals surface area contributed by atoms with Crippen LogP contribution in [0, 0.1) is 0 Å². The van der Waals surface area contributed by atoms with E-state index in [1.807, 2.05) is 37.8 Å². The van der Waals surface area contributed by atoms with E-state index in [0.717, 1.165) is 10.9 Å². The lowest BCUT2D eigenvalue weighted by Gasteiger charge is -2.35. The number of nitrogens with zero attached hydrogens (tertiary/aromatic N) is 5. The van der Waals surface area contributed by atoms with Gasteiger partial charge in [0, 0.05) is 49.5 Å². The highest BCUT2D eigenvalue weighted by Gasteiger charge is 2.27. The Balaban J connectivity index is 1.55. The Bertz CT molecular complexity index is 1130. The number of rotatable bonds is 2. The summed E-state index contributed by atoms with van der Waals surface area (Å²) >= 11 is 0. The van der Waals surface area contributed by atoms with Gasteiger partial charge in [-0.2, -0.15) is 0 Å². The molecule has 0 atom stereocenters. The largest absolute Gasteiger partial charge is 0.464 e. The number of carboxylic acid groups (broad SMARTS) is 1. The van der Waals surface area contributed by atoms with E-state index < -0.39 is 11.7 Å². The zero-order chi connectivity index (χ0) is 22.2. The average Bonchev–Trinajstić information content (AvgIpc) is 3.13. The third kappa shape index (κ3) is 4.30. The summed E-state index contributed by atoms with van der Waals surface area (Å²) in [5.41, 5.74) is 1.46. The van der Waals surface area contributed by atoms with E-state index in [-0.39, 0.29) is 6.09 Å². The standard InChI is InChI=1S/C22H25N5O4/c1-22(2,3)31-21(30)26-12-10-25(11-13-26)19-23-9-8-17(24-19)16-14-27(20(28)29)18-7-5-4-6-15(16)18/h4-9,14H,10-13H2,1-3H3,(H,28,29). The first kappa shape index (κ1) is 20.6. The van der Waals surface area contributed by atoms with Crippen LogP contribution in [0.25, 0.3) is 22.2 Å². The van der Waals surface area contributed by atoms with Crippen molar-refractivity contribution in [3.63, 3.8) is 0 Å². The van der Waals surface area contributed by atoms with Crippen molar-refractivity contribution in [2.45, 2.75) is 26.4 Å². The smallest absolute Gasteiger partial charge is 0.416 e. The molecule has 0 saturated carbocycles. The summed E-state index contributed by atoms with van der Waals surface area (Å²) in [7, 11) is 0. The minimum atomic E-state index is -1.05. The second-order valence-corrected chi connectivity index (χ2v) is 8.41. The highest BCUT2D eigenvalue weighted by molar-refractivity contribution is 5.99. The zero-order valence-corrected chi connectivity index (χ0v) is 17.8. The molecule has 3 heterocycles. The minimum absolute atomic E-state index is 0.316. The summed E-state index contributed by atoms with van der Waals surface area (Å²) in [5, 5.41) is 10.3. The van der Waals surface area contributed by atoms with Gasteiger partial charge in [0.25, 0.3) is 0 Å². The number of carbonyl (C=O) groups is 2. The Kier molecular flexibility index (Phi) is 5.26. The van der Waals surface area contributed by atoms with E-state index in [0.29, 0.717) is 43.3 Å². The number of hydrogen-bond donors (Lipinski definition) is 1. The van der Waals surface area contributed by atoms with Gasteiger partial charge in [-0.05, 0) is 32.9 Å². The van der Waals surface area contributed by atoms with Gasteiger partial charge >= 0.3 is 12.2 Å². The fourth-order valence-electron chi connectivity index (χ4n) is 3.61. The van der Waals surface area contributed by atoms with Crippen molar-refractivity contribution in [1.29, 1.82) is 0 Å². The van der Waals surface area contributed by atoms with Gasteiger partial charge in [-0.1, -0.05) is 18.2 Å². The number of amides is 1. The molecular weight excluding hydrogens is 398 g/mol. The molecule has 4 rings (SSSR count). The van der Waals surface area contributed by atoms with Crippen molar-refractivity contribution in [2.75, 3.05) is 31.1 Å². The van der Waals surface area contributed by atoms with Crippen LogP contribution < -0.4 is 4.90 Å². The second-order valence-electron chi connectivity index (χ2n) is 8.41. The summed E-state index contributed by atoms with van der Waals surface area (Å²) in [5.74, 6) is 0.550. The average molecular weight is 423 g/mol. The highest BCUT2D eigenvalue weighted by Crippen LogP contribution is 2.30. The topological polar surface area (TPSA) is 101 Å². The highest BCUT2D eigenvalue weighted by atomic mass is 16.6. The lowest BCUT2D eigenvalue weighted by Crippen LogP contribution is -2.50. The van der Waals surface area contributed by atoms with Crippen molar-refractivity contribution < 1.29 is 19.4 Å². The van der Waals surface area contributed by atoms with Gasteiger partial charge in [0.05, 0.1) is 11.2 Å². The van der Waals surface area contributed by atoms with Crippen molar-refractivity contribution in [3.05, 3.63) is 42.7 Å². The van der Waals surface area contributed by atoms with E-state index in [4.69, 9.17) is 9.72 Å². The third-order valence-corrected chi connectivity index (χ3v) is 5.05. The van der Waals surface area contributed by atoms with Crippen LogP contribution in [0.15, 0.2) is 42.7 Å². The van der Waals surface area contributed by atoms with Crippen molar-refractivity contribution in [3.8, 4) is 11.3 Å². The quantitative estimate of drug-likeness (QED) is 0.671. The van der Waals surface area contributed by atoms with Gasteiger partial charge in [0.2, 0.25) is 5.95 Å². The molecular formula is C22H25N5O4. The van der Waals surface area contributed by atoms with E-state index in [9.17, 15) is 14.7 Å². The number of ether oxygens (including phenoxy) is 1. The molecule has 162 valence electrons. The van der Waals surface area contributed by atoms with Crippen LogP contribution in [0.3, 0.4) is 0 Å². The van der Waals surface area contributed by atoms with Gasteiger partial charge in [-0.3, -0.25) is 4.57 Å². The molecule has 1 N–H and O–H groups in total. The van der Waals surface area contributed by atoms with Gasteiger partial charge < -0.3 is 19.6 Å². The van der Waals surface area contributed by atoms with Gasteiger partial charge in [-0.25, -0.2) is 19.6 Å². The van der Waals surface area contributed by atoms with Crippen LogP contribution in [0.5, 0.6) is 0 Å². The van der Waals surface area contributed by atoms with Crippen molar-refractivity contribution >= 4 is 29.0 Å². The molecule has 9 heteroatoms. The molecule has 1 aromatic carbocycles. The van der Waals surface area contributed by atoms with E-state index in [1.165, 1.54) is 4.57 Å². The monoisotopic (exact) mass is 423 g/mol. The number of benzene rings is 1. The van der Waals surface area contributed by atoms with Crippen LogP contribution in [-0.2, 0) is 4.74 Å². The predicted octanol–water partition coefficient (Wildman–Crippen LogP) is 3.68. The lowest BCUT2D eigenvalue weighted by molar-refractivity contribution is 0.0240. The van der Waals surface area contributed by atoms with Crippen LogP contribution in [0.4, 0.5) is 15.5 Å². The number of aromatic nitrogens is 3. The van der Waals surface area contributed by atoms with Crippen molar-refractivity contribution in [1.82, 2.24) is 19.4 Å². The summed E-state index contributed by atoms with van der Waals surface area (Å²) in [6.45, 7) is 7.74. The normalized spacial score (nSPS) is 14.7. The molecule has 0 spiro atoms. The molecule has 1 saturated heterocycles. The number of para-hydroxylation sites is 1. The van der Waals surface area contributed by atoms with E-state index in [1.54, 1.807) is 35.5 Å². The van der Waals surface area contributed by atoms with Gasteiger partial charge in [0.1, 0.15) is 5.60 Å². The third-order valence-electron chi connectivity index (χ3n) is 5.05. The zero-order valence-electron chi connectivity index (χ0n) is 17.8. The van der Waals surface area contributed by atoms with E-state index >= 15 is 0 Å². The summed E-state index contributed by atoms with van der Waals surface area (Å²) in [6, 6.07) is 9.10. The molecule has 0 unspecified atom stereocenters. The summed E-state index contributed by atoms with van der Waals surface area (Å²) < 4.78 is 6.65. The first-order chi connectivity index (χ1) is 14.7. The molecule has 1 aliphatic rings. The Morgan fingerprint density at radius 3 is 2.45 bits per heavy atom. The molecule has 1 fully saturated rings. The number of hydrogen-bond acceptors (Lipinski definition) is 6. The fraction of sp³-hybridized carbons (Fsp3) is 0.364. The first-order valence-corrected chi connectivity index (χ1v) is 10.1. The van der Waals surface area contributed by atoms with Gasteiger partial charge in [0.15, 0.2) is 0 Å². The van der Waals surface area contributed by atoms with Crippen molar-refractivity contribution in [2.24, 2.45) is 0 Å². The summed E-state index contributed by atoms with van der Waals surface area (Å²) in [4.78, 5) is 36.7. The fourth-order valence-corrected chi connectivity index (χ4v) is 3.61. The molecule has 1 aliphatic heterocycles. The van der Waals surface area contributed by atoms with Gasteiger partial charge in [-0.15, -0.1) is 0 Å². The number of fused-ring (bicyclic) bond motifs is 1. The summed E-state index contributed by atoms with van der Waals surface area (Å²) in [6.07, 6.45) is 1.89. The SMILES string of the molecule is CC(C)(C)OC(=O)N1CCN(c2nccc(-c3cn(C(=O)O)c4ccccc34)n2)CC1. The molecule has 0 aliphatic carbocycles. The number of anilines is 1. The van der Waals surface area contributed by atoms with Crippen LogP contribution in [-0.4, -0.2) is 68.5 Å². The number of carbonyl (C=O) groups excluding carboxylic acids is 1. The predicted molar refractivity (Wildman–Crippen MR) is 116 cm³/mol. The second kappa shape index (κ2) is 7.90. The van der Waals surface area contributed by atoms with E-state index in [2.05, 4.69) is 4.98 Å². The van der Waals surface area contributed by atoms with Crippen LogP contribution in [0.2, 0.25) is 0 Å². The molecule has 1 amide bonds. The Hall–Kier alpha value is -3.62. The maximum atomic E-state index is 12.3. The maximum Gasteiger partial charge on any atom is 0.416 e. The Morgan fingerprint density at radius 2 is 1.77 bits per heavy atom. The maximum absolute atomic E-state index is 12.3. The molecule has 31 heavy (non-hydrogen) atoms. The molecule has 3 aromatic rings. The molecule has 0 radical (unpaired) electrons. The molecule has 2 aromatic heterocycles. The molecule has 9 nitrogen and oxygen atoms in total. The Labute approximate surface area is 179 Å². The lowest BCUT2D eigenvalue weighted by atomic mass is 10.1. The Morgan fingerprint density at radius 1 is 1.06 bits per heavy atom. The van der Waals surface area contributed by atoms with Crippen LogP contribution in [0.1, 0.15) is 20.8 Å². The first-order valence-electron chi connectivity index (χ1n) is 10.1. The minimum Gasteiger partial charge on any atom is -0.464 e. The van der Waals surface area contributed by atoms with Crippen LogP contribution >= 0.6 is 0 Å². The molecule has 0 bridgehead atoms. The number of piperazine rings is 1.